The zero-order chi connectivity index (χ0) is 11.0. The molecule has 2 aromatic heterocycles. The fourth-order valence-corrected chi connectivity index (χ4v) is 3.07. The van der Waals surface area contributed by atoms with Crippen LogP contribution in [0.1, 0.15) is 6.42 Å². The summed E-state index contributed by atoms with van der Waals surface area (Å²) in [6.45, 7) is 2.96. The Labute approximate surface area is 97.7 Å². The second-order valence-corrected chi connectivity index (χ2v) is 5.28. The highest BCUT2D eigenvalue weighted by molar-refractivity contribution is 7.17. The summed E-state index contributed by atoms with van der Waals surface area (Å²) >= 11 is 1.63. The molecule has 1 fully saturated rings. The van der Waals surface area contributed by atoms with Crippen LogP contribution in [0.15, 0.2) is 28.5 Å². The standard InChI is InChI=1S/C12H14N2OS/c15-12-10-3-6-16-11(10)2-5-14(12)8-9-1-4-13-7-9/h2-3,5-6,9,13H,1,4,7-8H2. The molecule has 84 valence electrons. The monoisotopic (exact) mass is 234 g/mol. The molecule has 1 unspecified atom stereocenters. The highest BCUT2D eigenvalue weighted by Crippen LogP contribution is 2.17. The van der Waals surface area contributed by atoms with Crippen molar-refractivity contribution in [1.82, 2.24) is 9.88 Å². The summed E-state index contributed by atoms with van der Waals surface area (Å²) in [6, 6.07) is 3.97. The third kappa shape index (κ3) is 1.68. The molecule has 0 saturated carbocycles. The van der Waals surface area contributed by atoms with Gasteiger partial charge in [0.25, 0.3) is 5.56 Å². The van der Waals surface area contributed by atoms with E-state index in [9.17, 15) is 4.79 Å². The lowest BCUT2D eigenvalue weighted by Crippen LogP contribution is -2.24. The molecule has 1 atom stereocenters. The topological polar surface area (TPSA) is 34.0 Å². The van der Waals surface area contributed by atoms with Gasteiger partial charge in [-0.3, -0.25) is 4.79 Å². The Balaban J connectivity index is 1.96. The molecule has 1 aliphatic heterocycles. The molecule has 2 aromatic rings. The van der Waals surface area contributed by atoms with Gasteiger partial charge in [-0.15, -0.1) is 11.3 Å². The number of fused-ring (bicyclic) bond motifs is 1. The molecule has 0 amide bonds. The Morgan fingerprint density at radius 3 is 3.25 bits per heavy atom. The first-order valence-electron chi connectivity index (χ1n) is 5.62. The van der Waals surface area contributed by atoms with Crippen LogP contribution in [0.5, 0.6) is 0 Å². The fraction of sp³-hybridized carbons (Fsp3) is 0.417. The van der Waals surface area contributed by atoms with Gasteiger partial charge in [0.1, 0.15) is 0 Å². The van der Waals surface area contributed by atoms with E-state index >= 15 is 0 Å². The molecule has 0 aromatic carbocycles. The maximum atomic E-state index is 12.1. The molecule has 1 saturated heterocycles. The lowest BCUT2D eigenvalue weighted by molar-refractivity contribution is 0.474. The predicted molar refractivity (Wildman–Crippen MR) is 67.1 cm³/mol. The van der Waals surface area contributed by atoms with Crippen molar-refractivity contribution in [2.45, 2.75) is 13.0 Å². The van der Waals surface area contributed by atoms with E-state index in [2.05, 4.69) is 5.32 Å². The number of rotatable bonds is 2. The number of hydrogen-bond acceptors (Lipinski definition) is 3. The van der Waals surface area contributed by atoms with E-state index < -0.39 is 0 Å². The van der Waals surface area contributed by atoms with E-state index in [4.69, 9.17) is 0 Å². The summed E-state index contributed by atoms with van der Waals surface area (Å²) in [4.78, 5) is 12.1. The van der Waals surface area contributed by atoms with Gasteiger partial charge in [0.15, 0.2) is 0 Å². The van der Waals surface area contributed by atoms with Gasteiger partial charge in [-0.2, -0.15) is 0 Å². The van der Waals surface area contributed by atoms with Crippen LogP contribution >= 0.6 is 11.3 Å². The minimum absolute atomic E-state index is 0.158. The van der Waals surface area contributed by atoms with Crippen molar-refractivity contribution in [1.29, 1.82) is 0 Å². The molecule has 0 spiro atoms. The molecular weight excluding hydrogens is 220 g/mol. The second kappa shape index (κ2) is 4.03. The lowest BCUT2D eigenvalue weighted by Gasteiger charge is -2.10. The van der Waals surface area contributed by atoms with E-state index in [1.807, 2.05) is 28.3 Å². The van der Waals surface area contributed by atoms with Gasteiger partial charge >= 0.3 is 0 Å². The molecule has 1 aliphatic rings. The Kier molecular flexibility index (Phi) is 2.53. The van der Waals surface area contributed by atoms with Crippen LogP contribution in [0.3, 0.4) is 0 Å². The summed E-state index contributed by atoms with van der Waals surface area (Å²) in [5, 5.41) is 6.17. The number of thiophene rings is 1. The maximum Gasteiger partial charge on any atom is 0.259 e. The molecule has 4 heteroatoms. The van der Waals surface area contributed by atoms with Crippen LogP contribution in [0.4, 0.5) is 0 Å². The van der Waals surface area contributed by atoms with Crippen molar-refractivity contribution < 1.29 is 0 Å². The Hall–Kier alpha value is -1.13. The quantitative estimate of drug-likeness (QED) is 0.857. The molecule has 0 aliphatic carbocycles. The third-order valence-electron chi connectivity index (χ3n) is 3.21. The number of nitrogens with zero attached hydrogens (tertiary/aromatic N) is 1. The SMILES string of the molecule is O=c1c2ccsc2ccn1CC1CCNC1. The van der Waals surface area contributed by atoms with Gasteiger partial charge in [0, 0.05) is 17.4 Å². The summed E-state index contributed by atoms with van der Waals surface area (Å²) in [6.07, 6.45) is 3.10. The van der Waals surface area contributed by atoms with E-state index in [1.54, 1.807) is 11.3 Å². The van der Waals surface area contributed by atoms with Gasteiger partial charge in [-0.05, 0) is 42.9 Å². The highest BCUT2D eigenvalue weighted by Gasteiger charge is 2.15. The minimum atomic E-state index is 0.158. The molecule has 3 rings (SSSR count). The van der Waals surface area contributed by atoms with E-state index in [0.717, 1.165) is 29.7 Å². The number of pyridine rings is 1. The normalized spacial score (nSPS) is 20.6. The molecule has 3 heterocycles. The minimum Gasteiger partial charge on any atom is -0.316 e. The number of hydrogen-bond donors (Lipinski definition) is 1. The fourth-order valence-electron chi connectivity index (χ4n) is 2.30. The molecule has 3 nitrogen and oxygen atoms in total. The van der Waals surface area contributed by atoms with Crippen LogP contribution in [-0.2, 0) is 6.54 Å². The van der Waals surface area contributed by atoms with Crippen molar-refractivity contribution in [3.63, 3.8) is 0 Å². The van der Waals surface area contributed by atoms with E-state index in [1.165, 1.54) is 6.42 Å². The van der Waals surface area contributed by atoms with Crippen LogP contribution < -0.4 is 10.9 Å². The average Bonchev–Trinajstić information content (AvgIpc) is 2.93. The first kappa shape index (κ1) is 10.1. The zero-order valence-electron chi connectivity index (χ0n) is 8.98. The zero-order valence-corrected chi connectivity index (χ0v) is 9.80. The van der Waals surface area contributed by atoms with Gasteiger partial charge in [0.2, 0.25) is 0 Å². The van der Waals surface area contributed by atoms with Crippen molar-refractivity contribution in [3.05, 3.63) is 34.1 Å². The summed E-state index contributed by atoms with van der Waals surface area (Å²) in [7, 11) is 0. The Bertz CT molecular complexity index is 551. The van der Waals surface area contributed by atoms with Crippen LogP contribution in [-0.4, -0.2) is 17.7 Å². The van der Waals surface area contributed by atoms with Gasteiger partial charge < -0.3 is 9.88 Å². The third-order valence-corrected chi connectivity index (χ3v) is 4.09. The largest absolute Gasteiger partial charge is 0.316 e. The second-order valence-electron chi connectivity index (χ2n) is 4.33. The van der Waals surface area contributed by atoms with Crippen molar-refractivity contribution in [2.24, 2.45) is 5.92 Å². The average molecular weight is 234 g/mol. The first-order chi connectivity index (χ1) is 7.84. The van der Waals surface area contributed by atoms with Crippen LogP contribution in [0.2, 0.25) is 0 Å². The molecule has 0 radical (unpaired) electrons. The number of aromatic nitrogens is 1. The molecule has 0 bridgehead atoms. The molecule has 16 heavy (non-hydrogen) atoms. The van der Waals surface area contributed by atoms with Gasteiger partial charge in [-0.1, -0.05) is 0 Å². The lowest BCUT2D eigenvalue weighted by atomic mass is 10.1. The van der Waals surface area contributed by atoms with Crippen LogP contribution in [0, 0.1) is 5.92 Å². The Morgan fingerprint density at radius 1 is 1.50 bits per heavy atom. The van der Waals surface area contributed by atoms with Crippen molar-refractivity contribution in [2.75, 3.05) is 13.1 Å². The van der Waals surface area contributed by atoms with E-state index in [0.29, 0.717) is 5.92 Å². The predicted octanol–water partition coefficient (Wildman–Crippen LogP) is 1.67. The number of nitrogens with one attached hydrogen (secondary N) is 1. The summed E-state index contributed by atoms with van der Waals surface area (Å²) < 4.78 is 2.94. The van der Waals surface area contributed by atoms with E-state index in [-0.39, 0.29) is 5.56 Å². The van der Waals surface area contributed by atoms with Gasteiger partial charge in [-0.25, -0.2) is 0 Å². The van der Waals surface area contributed by atoms with Crippen LogP contribution in [0.25, 0.3) is 10.1 Å². The smallest absolute Gasteiger partial charge is 0.259 e. The Morgan fingerprint density at radius 2 is 2.44 bits per heavy atom. The highest BCUT2D eigenvalue weighted by atomic mass is 32.1. The molecular formula is C12H14N2OS. The maximum absolute atomic E-state index is 12.1. The van der Waals surface area contributed by atoms with Crippen molar-refractivity contribution >= 4 is 21.4 Å². The summed E-state index contributed by atoms with van der Waals surface area (Å²) in [5.74, 6) is 0.605. The van der Waals surface area contributed by atoms with Crippen molar-refractivity contribution in [3.8, 4) is 0 Å². The van der Waals surface area contributed by atoms with Gasteiger partial charge in [0.05, 0.1) is 5.39 Å². The first-order valence-corrected chi connectivity index (χ1v) is 6.50. The summed E-state index contributed by atoms with van der Waals surface area (Å²) in [5.41, 5.74) is 0.158. The molecule has 1 N–H and O–H groups in total.